The van der Waals surface area contributed by atoms with Gasteiger partial charge in [0.05, 0.1) is 11.7 Å². The van der Waals surface area contributed by atoms with Gasteiger partial charge in [0.25, 0.3) is 0 Å². The van der Waals surface area contributed by atoms with E-state index in [1.165, 1.54) is 113 Å². The molecule has 0 bridgehead atoms. The first-order valence-electron chi connectivity index (χ1n) is 34.1. The Labute approximate surface area is 574 Å². The number of nitrogens with zero attached hydrogens (tertiary/aromatic N) is 8. The molecule has 1 fully saturated rings. The number of likely N-dealkylation sites (N-methyl/N-ethyl adjacent to an activating group) is 7. The minimum Gasteiger partial charge on any atom is -0.390 e. The topological polar surface area (TPSA) is 302 Å². The van der Waals surface area contributed by atoms with Crippen LogP contribution in [0.4, 0.5) is 0 Å². The van der Waals surface area contributed by atoms with Crippen LogP contribution in [0.3, 0.4) is 0 Å². The van der Waals surface area contributed by atoms with Gasteiger partial charge in [-0.25, -0.2) is 0 Å². The maximum atomic E-state index is 15.4. The molecule has 95 heavy (non-hydrogen) atoms. The first-order chi connectivity index (χ1) is 43.7. The van der Waals surface area contributed by atoms with Gasteiger partial charge in [0.1, 0.15) is 66.5 Å². The van der Waals surface area contributed by atoms with Gasteiger partial charge in [-0.05, 0) is 123 Å². The normalized spacial score (nSPS) is 26.4. The van der Waals surface area contributed by atoms with Crippen molar-refractivity contribution in [3.63, 3.8) is 0 Å². The van der Waals surface area contributed by atoms with Gasteiger partial charge >= 0.3 is 0 Å². The van der Waals surface area contributed by atoms with E-state index in [-0.39, 0.29) is 68.1 Å². The highest BCUT2D eigenvalue weighted by Gasteiger charge is 2.47. The van der Waals surface area contributed by atoms with Gasteiger partial charge in [0, 0.05) is 79.8 Å². The van der Waals surface area contributed by atoms with Crippen molar-refractivity contribution in [2.45, 2.75) is 254 Å². The molecule has 0 aromatic rings. The van der Waals surface area contributed by atoms with E-state index in [0.29, 0.717) is 12.3 Å². The molecule has 0 unspecified atom stereocenters. The minimum absolute atomic E-state index is 0.00857. The highest BCUT2D eigenvalue weighted by molar-refractivity contribution is 7.99. The number of allylic oxidation sites excluding steroid dienone is 2. The highest BCUT2D eigenvalue weighted by Crippen LogP contribution is 2.27. The summed E-state index contributed by atoms with van der Waals surface area (Å²) in [7, 11) is 11.8. The first-order valence-corrected chi connectivity index (χ1v) is 35.3. The molecule has 546 valence electrons. The van der Waals surface area contributed by atoms with E-state index in [2.05, 4.69) is 26.2 Å². The van der Waals surface area contributed by atoms with Gasteiger partial charge in [-0.2, -0.15) is 11.8 Å². The predicted octanol–water partition coefficient (Wildman–Crippen LogP) is 3.83. The Balaban J connectivity index is 4.59. The maximum Gasteiger partial charge on any atom is 0.246 e. The maximum absolute atomic E-state index is 15.4. The first kappa shape index (κ1) is 87.2. The number of nitrogens with one attached hydrogen (secondary N) is 4. The smallest absolute Gasteiger partial charge is 0.246 e. The fourth-order valence-corrected chi connectivity index (χ4v) is 12.8. The molecule has 0 aliphatic carbocycles. The molecular formula is C69H126N12O13S. The van der Waals surface area contributed by atoms with E-state index in [0.717, 1.165) is 9.80 Å². The fraction of sp³-hybridized carbons (Fsp3) is 0.812. The number of aliphatic hydroxyl groups is 2. The second-order valence-electron chi connectivity index (χ2n) is 29.3. The van der Waals surface area contributed by atoms with E-state index in [9.17, 15) is 34.2 Å². The summed E-state index contributed by atoms with van der Waals surface area (Å²) in [4.78, 5) is 175. The van der Waals surface area contributed by atoms with Gasteiger partial charge in [-0.3, -0.25) is 52.7 Å². The zero-order chi connectivity index (χ0) is 73.8. The number of carbonyl (C=O) groups excluding carboxylic acids is 11. The SMILES string of the molecule is C/C=C/C[C@@H](C)[C@@H](O)[C@H]1C(=O)N[C@@H](CC)C(=O)N(C)[C@H](CSCCN(C)C(C)C)C(=O)N(C)[C@@H](CC(C)(C)O)C(=O)N[C@@H](C(C)C)C(=O)N(C)[C@@H](CC(C)C)C(=O)N[C@@H](C)C(=O)N[C@H](C)C(=O)N(C)[C@@H](CC(C)C)C(=O)N(C)[C@@H](CC(C)C)C(=O)N(C)[C@@H](C(C)C)C(=O)N1C. The van der Waals surface area contributed by atoms with Crippen molar-refractivity contribution in [2.75, 3.05) is 74.4 Å². The molecule has 1 aliphatic heterocycles. The van der Waals surface area contributed by atoms with Crippen LogP contribution in [0.2, 0.25) is 0 Å². The van der Waals surface area contributed by atoms with Crippen molar-refractivity contribution < 1.29 is 63.0 Å². The average Bonchev–Trinajstić information content (AvgIpc) is 0.815. The van der Waals surface area contributed by atoms with Crippen LogP contribution in [0.15, 0.2) is 12.2 Å². The Morgan fingerprint density at radius 2 is 0.947 bits per heavy atom. The molecule has 0 radical (unpaired) electrons. The third kappa shape index (κ3) is 25.5. The zero-order valence-electron chi connectivity index (χ0n) is 62.9. The summed E-state index contributed by atoms with van der Waals surface area (Å²) in [6.45, 7) is 33.6. The molecular weight excluding hydrogens is 1240 g/mol. The van der Waals surface area contributed by atoms with Crippen LogP contribution >= 0.6 is 11.8 Å². The third-order valence-electron chi connectivity index (χ3n) is 18.1. The van der Waals surface area contributed by atoms with Crippen LogP contribution in [-0.4, -0.2) is 273 Å². The van der Waals surface area contributed by atoms with Crippen LogP contribution in [0.25, 0.3) is 0 Å². The van der Waals surface area contributed by atoms with Crippen LogP contribution in [0, 0.1) is 35.5 Å². The Hall–Kier alpha value is -5.86. The van der Waals surface area contributed by atoms with Crippen molar-refractivity contribution in [2.24, 2.45) is 35.5 Å². The van der Waals surface area contributed by atoms with Crippen LogP contribution in [0.1, 0.15) is 170 Å². The average molecular weight is 1360 g/mol. The lowest BCUT2D eigenvalue weighted by molar-refractivity contribution is -0.157. The molecule has 1 rings (SSSR count). The number of hydrogen-bond donors (Lipinski definition) is 6. The van der Waals surface area contributed by atoms with E-state index < -0.39 is 161 Å². The molecule has 25 nitrogen and oxygen atoms in total. The van der Waals surface area contributed by atoms with Gasteiger partial charge < -0.3 is 70.7 Å². The van der Waals surface area contributed by atoms with Crippen molar-refractivity contribution >= 4 is 76.7 Å². The Kier molecular flexibility index (Phi) is 36.3. The Morgan fingerprint density at radius 3 is 1.41 bits per heavy atom. The fourth-order valence-electron chi connectivity index (χ4n) is 11.6. The second-order valence-corrected chi connectivity index (χ2v) is 30.5. The molecule has 0 aromatic carbocycles. The predicted molar refractivity (Wildman–Crippen MR) is 374 cm³/mol. The van der Waals surface area contributed by atoms with E-state index in [1.54, 1.807) is 60.6 Å². The summed E-state index contributed by atoms with van der Waals surface area (Å²) in [6.07, 6.45) is 2.35. The number of amides is 11. The van der Waals surface area contributed by atoms with E-state index in [1.807, 2.05) is 62.4 Å². The monoisotopic (exact) mass is 1360 g/mol. The van der Waals surface area contributed by atoms with Crippen molar-refractivity contribution in [3.05, 3.63) is 12.2 Å². The molecule has 13 atom stereocenters. The summed E-state index contributed by atoms with van der Waals surface area (Å²) in [5.74, 6) is -9.76. The van der Waals surface area contributed by atoms with Crippen LogP contribution in [0.5, 0.6) is 0 Å². The summed E-state index contributed by atoms with van der Waals surface area (Å²) in [5.41, 5.74) is -1.59. The van der Waals surface area contributed by atoms with Crippen molar-refractivity contribution in [3.8, 4) is 0 Å². The summed E-state index contributed by atoms with van der Waals surface area (Å²) < 4.78 is 0. The summed E-state index contributed by atoms with van der Waals surface area (Å²) in [6, 6.07) is -14.2. The number of hydrogen-bond acceptors (Lipinski definition) is 15. The summed E-state index contributed by atoms with van der Waals surface area (Å²) >= 11 is 1.38. The van der Waals surface area contributed by atoms with E-state index >= 15 is 28.8 Å². The lowest BCUT2D eigenvalue weighted by atomic mass is 9.91. The number of carbonyl (C=O) groups is 11. The largest absolute Gasteiger partial charge is 0.390 e. The molecule has 1 saturated heterocycles. The highest BCUT2D eigenvalue weighted by atomic mass is 32.2. The molecule has 11 amide bonds. The Morgan fingerprint density at radius 1 is 0.516 bits per heavy atom. The van der Waals surface area contributed by atoms with Crippen LogP contribution < -0.4 is 21.3 Å². The molecule has 6 N–H and O–H groups in total. The molecule has 1 heterocycles. The lowest BCUT2D eigenvalue weighted by Crippen LogP contribution is -2.64. The summed E-state index contributed by atoms with van der Waals surface area (Å²) in [5, 5.41) is 34.8. The van der Waals surface area contributed by atoms with E-state index in [4.69, 9.17) is 0 Å². The van der Waals surface area contributed by atoms with Crippen LogP contribution in [-0.2, 0) is 52.7 Å². The van der Waals surface area contributed by atoms with Gasteiger partial charge in [0.2, 0.25) is 65.0 Å². The molecule has 0 saturated carbocycles. The quantitative estimate of drug-likeness (QED) is 0.0703. The van der Waals surface area contributed by atoms with Gasteiger partial charge in [-0.15, -0.1) is 0 Å². The van der Waals surface area contributed by atoms with Gasteiger partial charge in [-0.1, -0.05) is 95.2 Å². The Bertz CT molecular complexity index is 2600. The van der Waals surface area contributed by atoms with Crippen molar-refractivity contribution in [1.82, 2.24) is 60.5 Å². The second kappa shape index (κ2) is 39.5. The zero-order valence-corrected chi connectivity index (χ0v) is 63.7. The molecule has 26 heteroatoms. The standard InChI is InChI=1S/C69H126N12O13S/c1-28-30-31-45(15)57(82)56-61(86)72-48(29-2)63(88)79(25)53(38-95-33-32-74(20)44(13)14)66(91)78(24)52(37-69(18,19)94)60(85)73-54(42(9)10)67(92)75(21)49(34-39(3)4)59(84)70-46(16)58(83)71-47(17)62(87)76(22)50(35-40(5)6)64(89)77(23)51(36-41(7)8)65(90)80(26)55(43(11)12)68(93)81(56)27/h28,30,39-57,82,94H,29,31-38H2,1-27H3,(H,70,84)(H,71,83)(H,72,86)(H,73,85)/b30-28+/t45-,46+,47-,48+,49+,50+,51+,52+,53-,54+,55+,56+,57-/m1/s1. The lowest BCUT2D eigenvalue weighted by Gasteiger charge is -2.41. The number of rotatable bonds is 21. The molecule has 0 aromatic heterocycles. The minimum atomic E-state index is -1.66. The van der Waals surface area contributed by atoms with Crippen molar-refractivity contribution in [1.29, 1.82) is 0 Å². The molecule has 0 spiro atoms. The number of thioether (sulfide) groups is 1. The molecule has 1 aliphatic rings. The third-order valence-corrected chi connectivity index (χ3v) is 19.1. The van der Waals surface area contributed by atoms with Gasteiger partial charge in [0.15, 0.2) is 0 Å². The number of aliphatic hydroxyl groups excluding tert-OH is 1.